The van der Waals surface area contributed by atoms with Gasteiger partial charge in [-0.3, -0.25) is 4.90 Å². The lowest BCUT2D eigenvalue weighted by Gasteiger charge is -2.19. The molecule has 0 saturated heterocycles. The van der Waals surface area contributed by atoms with E-state index in [9.17, 15) is 5.11 Å². The molecule has 0 unspecified atom stereocenters. The zero-order chi connectivity index (χ0) is 16.8. The van der Waals surface area contributed by atoms with Gasteiger partial charge in [0.05, 0.1) is 13.2 Å². The van der Waals surface area contributed by atoms with Gasteiger partial charge in [0, 0.05) is 18.7 Å². The van der Waals surface area contributed by atoms with E-state index in [1.54, 1.807) is 0 Å². The summed E-state index contributed by atoms with van der Waals surface area (Å²) in [5.41, 5.74) is 3.24. The molecule has 124 valence electrons. The third-order valence-electron chi connectivity index (χ3n) is 3.87. The van der Waals surface area contributed by atoms with E-state index in [1.807, 2.05) is 49.4 Å². The molecule has 0 saturated carbocycles. The molecule has 1 heterocycles. The number of nitrogens with zero attached hydrogens (tertiary/aromatic N) is 3. The van der Waals surface area contributed by atoms with Crippen LogP contribution in [0.4, 0.5) is 0 Å². The van der Waals surface area contributed by atoms with Gasteiger partial charge in [0.2, 0.25) is 11.8 Å². The van der Waals surface area contributed by atoms with Crippen LogP contribution in [0.2, 0.25) is 0 Å². The Kier molecular flexibility index (Phi) is 5.36. The first-order valence-corrected chi connectivity index (χ1v) is 8.02. The molecule has 1 aromatic heterocycles. The first-order valence-electron chi connectivity index (χ1n) is 8.02. The Bertz CT molecular complexity index is 771. The van der Waals surface area contributed by atoms with E-state index in [-0.39, 0.29) is 6.61 Å². The molecule has 3 rings (SSSR count). The first-order chi connectivity index (χ1) is 11.8. The smallest absolute Gasteiger partial charge is 0.248 e. The molecular formula is C19H21N3O2. The highest BCUT2D eigenvalue weighted by Gasteiger charge is 2.14. The van der Waals surface area contributed by atoms with Gasteiger partial charge in [0.1, 0.15) is 0 Å². The van der Waals surface area contributed by atoms with Gasteiger partial charge in [-0.1, -0.05) is 48.5 Å². The highest BCUT2D eigenvalue weighted by atomic mass is 16.4. The Morgan fingerprint density at radius 2 is 1.71 bits per heavy atom. The number of aliphatic hydroxyl groups is 1. The van der Waals surface area contributed by atoms with Gasteiger partial charge >= 0.3 is 0 Å². The van der Waals surface area contributed by atoms with E-state index in [0.717, 1.165) is 17.7 Å². The molecule has 0 fully saturated rings. The van der Waals surface area contributed by atoms with Crippen molar-refractivity contribution >= 4 is 0 Å². The lowest BCUT2D eigenvalue weighted by Crippen LogP contribution is -2.26. The van der Waals surface area contributed by atoms with Crippen LogP contribution in [0.1, 0.15) is 17.0 Å². The number of aliphatic hydroxyl groups excluding tert-OH is 1. The third kappa shape index (κ3) is 4.07. The molecule has 0 bridgehead atoms. The van der Waals surface area contributed by atoms with Gasteiger partial charge in [0.15, 0.2) is 0 Å². The van der Waals surface area contributed by atoms with Gasteiger partial charge in [-0.25, -0.2) is 0 Å². The number of rotatable bonds is 7. The predicted molar refractivity (Wildman–Crippen MR) is 92.1 cm³/mol. The molecular weight excluding hydrogens is 302 g/mol. The Morgan fingerprint density at radius 3 is 2.46 bits per heavy atom. The average Bonchev–Trinajstić information content (AvgIpc) is 3.05. The minimum atomic E-state index is 0.0889. The number of hydrogen-bond acceptors (Lipinski definition) is 5. The van der Waals surface area contributed by atoms with Crippen molar-refractivity contribution in [3.05, 3.63) is 71.6 Å². The summed E-state index contributed by atoms with van der Waals surface area (Å²) in [6, 6.07) is 18.1. The lowest BCUT2D eigenvalue weighted by atomic mass is 10.1. The summed E-state index contributed by atoms with van der Waals surface area (Å²) in [4.78, 5) is 2.09. The van der Waals surface area contributed by atoms with Crippen molar-refractivity contribution in [2.24, 2.45) is 0 Å². The fourth-order valence-corrected chi connectivity index (χ4v) is 2.63. The number of aryl methyl sites for hydroxylation is 1. The van der Waals surface area contributed by atoms with Crippen LogP contribution >= 0.6 is 0 Å². The summed E-state index contributed by atoms with van der Waals surface area (Å²) < 4.78 is 5.82. The molecule has 0 aliphatic rings. The largest absolute Gasteiger partial charge is 0.419 e. The summed E-state index contributed by atoms with van der Waals surface area (Å²) in [6.07, 6.45) is 0. The predicted octanol–water partition coefficient (Wildman–Crippen LogP) is 3.04. The van der Waals surface area contributed by atoms with Crippen LogP contribution < -0.4 is 0 Å². The Labute approximate surface area is 141 Å². The van der Waals surface area contributed by atoms with Crippen molar-refractivity contribution in [2.45, 2.75) is 20.0 Å². The molecule has 3 aromatic rings. The summed E-state index contributed by atoms with van der Waals surface area (Å²) in [5.74, 6) is 1.09. The van der Waals surface area contributed by atoms with E-state index >= 15 is 0 Å². The fourth-order valence-electron chi connectivity index (χ4n) is 2.63. The van der Waals surface area contributed by atoms with E-state index < -0.39 is 0 Å². The van der Waals surface area contributed by atoms with Crippen molar-refractivity contribution < 1.29 is 9.52 Å². The van der Waals surface area contributed by atoms with Gasteiger partial charge in [-0.15, -0.1) is 10.2 Å². The topological polar surface area (TPSA) is 62.4 Å². The molecule has 0 aliphatic heterocycles. The minimum absolute atomic E-state index is 0.0889. The maximum Gasteiger partial charge on any atom is 0.248 e. The number of hydrogen-bond donors (Lipinski definition) is 1. The van der Waals surface area contributed by atoms with Crippen LogP contribution in [-0.2, 0) is 13.1 Å². The van der Waals surface area contributed by atoms with E-state index in [1.165, 1.54) is 5.56 Å². The maximum atomic E-state index is 9.30. The molecule has 0 atom stereocenters. The van der Waals surface area contributed by atoms with Crippen molar-refractivity contribution in [3.8, 4) is 11.5 Å². The van der Waals surface area contributed by atoms with Crippen molar-refractivity contribution in [1.82, 2.24) is 15.1 Å². The SMILES string of the molecule is Cc1ccccc1-c1nnc(CN(CCO)Cc2ccccc2)o1. The normalized spacial score (nSPS) is 11.1. The molecule has 5 nitrogen and oxygen atoms in total. The van der Waals surface area contributed by atoms with Crippen LogP contribution in [0.3, 0.4) is 0 Å². The molecule has 24 heavy (non-hydrogen) atoms. The van der Waals surface area contributed by atoms with Gasteiger partial charge < -0.3 is 9.52 Å². The maximum absolute atomic E-state index is 9.30. The van der Waals surface area contributed by atoms with Crippen LogP contribution in [0, 0.1) is 6.92 Å². The standard InChI is InChI=1S/C19H21N3O2/c1-15-7-5-6-10-17(15)19-21-20-18(24-19)14-22(11-12-23)13-16-8-3-2-4-9-16/h2-10,23H,11-14H2,1H3. The summed E-state index contributed by atoms with van der Waals surface area (Å²) in [5, 5.41) is 17.6. The molecule has 0 aliphatic carbocycles. The third-order valence-corrected chi connectivity index (χ3v) is 3.87. The van der Waals surface area contributed by atoms with Crippen molar-refractivity contribution in [3.63, 3.8) is 0 Å². The Balaban J connectivity index is 1.73. The van der Waals surface area contributed by atoms with Crippen molar-refractivity contribution in [1.29, 1.82) is 0 Å². The highest BCUT2D eigenvalue weighted by Crippen LogP contribution is 2.22. The second-order valence-electron chi connectivity index (χ2n) is 5.74. The number of benzene rings is 2. The van der Waals surface area contributed by atoms with Crippen LogP contribution in [0.25, 0.3) is 11.5 Å². The van der Waals surface area contributed by atoms with Gasteiger partial charge in [0.25, 0.3) is 0 Å². The van der Waals surface area contributed by atoms with Gasteiger partial charge in [-0.05, 0) is 24.1 Å². The molecule has 5 heteroatoms. The van der Waals surface area contributed by atoms with Crippen molar-refractivity contribution in [2.75, 3.05) is 13.2 Å². The Hall–Kier alpha value is -2.50. The Morgan fingerprint density at radius 1 is 0.958 bits per heavy atom. The van der Waals surface area contributed by atoms with Crippen LogP contribution in [0.15, 0.2) is 59.0 Å². The zero-order valence-electron chi connectivity index (χ0n) is 13.7. The quantitative estimate of drug-likeness (QED) is 0.724. The highest BCUT2D eigenvalue weighted by molar-refractivity contribution is 5.57. The molecule has 1 N–H and O–H groups in total. The molecule has 2 aromatic carbocycles. The fraction of sp³-hybridized carbons (Fsp3) is 0.263. The molecule has 0 amide bonds. The van der Waals surface area contributed by atoms with E-state index in [4.69, 9.17) is 4.42 Å². The number of aromatic nitrogens is 2. The molecule has 0 spiro atoms. The summed E-state index contributed by atoms with van der Waals surface area (Å²) in [6.45, 7) is 3.90. The lowest BCUT2D eigenvalue weighted by molar-refractivity contribution is 0.173. The van der Waals surface area contributed by atoms with E-state index in [0.29, 0.717) is 24.9 Å². The summed E-state index contributed by atoms with van der Waals surface area (Å²) >= 11 is 0. The van der Waals surface area contributed by atoms with Gasteiger partial charge in [-0.2, -0.15) is 0 Å². The summed E-state index contributed by atoms with van der Waals surface area (Å²) in [7, 11) is 0. The average molecular weight is 323 g/mol. The second-order valence-corrected chi connectivity index (χ2v) is 5.74. The first kappa shape index (κ1) is 16.4. The minimum Gasteiger partial charge on any atom is -0.419 e. The molecule has 0 radical (unpaired) electrons. The van der Waals surface area contributed by atoms with E-state index in [2.05, 4.69) is 27.2 Å². The van der Waals surface area contributed by atoms with Crippen LogP contribution in [0.5, 0.6) is 0 Å². The zero-order valence-corrected chi connectivity index (χ0v) is 13.7. The van der Waals surface area contributed by atoms with Crippen LogP contribution in [-0.4, -0.2) is 33.4 Å². The second kappa shape index (κ2) is 7.86. The monoisotopic (exact) mass is 323 g/mol.